The minimum atomic E-state index is 0.794. The molecular formula is C16H22N6. The van der Waals surface area contributed by atoms with Gasteiger partial charge in [-0.05, 0) is 26.3 Å². The smallest absolute Gasteiger partial charge is 0.134 e. The van der Waals surface area contributed by atoms with Crippen molar-refractivity contribution in [2.45, 2.75) is 45.3 Å². The summed E-state index contributed by atoms with van der Waals surface area (Å²) in [5, 5.41) is 8.02. The van der Waals surface area contributed by atoms with E-state index in [9.17, 15) is 0 Å². The van der Waals surface area contributed by atoms with Crippen LogP contribution in [0, 0.1) is 0 Å². The molecule has 6 nitrogen and oxygen atoms in total. The summed E-state index contributed by atoms with van der Waals surface area (Å²) in [6, 6.07) is 0. The number of fused-ring (bicyclic) bond motifs is 2. The van der Waals surface area contributed by atoms with Crippen molar-refractivity contribution < 1.29 is 0 Å². The number of rotatable bonds is 3. The highest BCUT2D eigenvalue weighted by atomic mass is 15.3. The predicted octanol–water partition coefficient (Wildman–Crippen LogP) is 1.61. The number of nitrogens with one attached hydrogen (secondary N) is 1. The molecule has 4 heterocycles. The first kappa shape index (κ1) is 13.7. The topological polar surface area (TPSA) is 58.9 Å². The first-order valence-electron chi connectivity index (χ1n) is 8.10. The van der Waals surface area contributed by atoms with Crippen LogP contribution in [0.5, 0.6) is 0 Å². The minimum absolute atomic E-state index is 0.794. The predicted molar refractivity (Wildman–Crippen MR) is 84.6 cm³/mol. The van der Waals surface area contributed by atoms with Gasteiger partial charge in [-0.2, -0.15) is 5.10 Å². The molecule has 0 saturated carbocycles. The second-order valence-corrected chi connectivity index (χ2v) is 6.29. The molecule has 2 aromatic heterocycles. The van der Waals surface area contributed by atoms with Crippen LogP contribution < -0.4 is 5.32 Å². The molecule has 0 bridgehead atoms. The van der Waals surface area contributed by atoms with Crippen molar-refractivity contribution >= 4 is 5.82 Å². The van der Waals surface area contributed by atoms with Crippen LogP contribution in [-0.4, -0.2) is 38.2 Å². The van der Waals surface area contributed by atoms with Crippen LogP contribution in [0.4, 0.5) is 5.82 Å². The van der Waals surface area contributed by atoms with Gasteiger partial charge < -0.3 is 10.2 Å². The maximum atomic E-state index is 4.50. The zero-order valence-electron chi connectivity index (χ0n) is 13.0. The molecule has 0 aromatic carbocycles. The number of anilines is 1. The van der Waals surface area contributed by atoms with Gasteiger partial charge in [-0.3, -0.25) is 4.68 Å². The van der Waals surface area contributed by atoms with Crippen LogP contribution in [-0.2, 0) is 32.5 Å². The van der Waals surface area contributed by atoms with Gasteiger partial charge in [-0.25, -0.2) is 9.97 Å². The molecule has 2 aromatic rings. The Hall–Kier alpha value is -1.95. The maximum absolute atomic E-state index is 4.50. The Morgan fingerprint density at radius 2 is 2.14 bits per heavy atom. The molecular weight excluding hydrogens is 276 g/mol. The average Bonchev–Trinajstić information content (AvgIpc) is 2.96. The van der Waals surface area contributed by atoms with Gasteiger partial charge in [0.15, 0.2) is 0 Å². The highest BCUT2D eigenvalue weighted by Gasteiger charge is 2.19. The van der Waals surface area contributed by atoms with E-state index in [0.717, 1.165) is 44.8 Å². The number of hydrogen-bond donors (Lipinski definition) is 1. The van der Waals surface area contributed by atoms with Crippen molar-refractivity contribution in [1.29, 1.82) is 0 Å². The fourth-order valence-corrected chi connectivity index (χ4v) is 3.44. The molecule has 0 aliphatic carbocycles. The summed E-state index contributed by atoms with van der Waals surface area (Å²) >= 11 is 0. The average molecular weight is 298 g/mol. The second kappa shape index (κ2) is 5.68. The van der Waals surface area contributed by atoms with Gasteiger partial charge >= 0.3 is 0 Å². The molecule has 0 radical (unpaired) electrons. The lowest BCUT2D eigenvalue weighted by atomic mass is 10.1. The molecule has 0 amide bonds. The Labute approximate surface area is 130 Å². The van der Waals surface area contributed by atoms with Gasteiger partial charge in [-0.15, -0.1) is 0 Å². The molecule has 0 fully saturated rings. The first-order chi connectivity index (χ1) is 10.8. The summed E-state index contributed by atoms with van der Waals surface area (Å²) in [5.74, 6) is 0.979. The third-order valence-electron chi connectivity index (χ3n) is 4.71. The molecule has 6 heteroatoms. The standard InChI is InChI=1S/C16H22N6/c1-21-7-5-14-13(10-21)16(19-11-18-14)17-8-12-9-20-22-6-3-2-4-15(12)22/h9,11H,2-8,10H2,1H3,(H,17,18,19). The normalized spacial score (nSPS) is 17.9. The summed E-state index contributed by atoms with van der Waals surface area (Å²) in [4.78, 5) is 11.2. The minimum Gasteiger partial charge on any atom is -0.365 e. The summed E-state index contributed by atoms with van der Waals surface area (Å²) in [6.07, 6.45) is 8.35. The lowest BCUT2D eigenvalue weighted by molar-refractivity contribution is 0.310. The number of nitrogens with zero attached hydrogens (tertiary/aromatic N) is 5. The van der Waals surface area contributed by atoms with Crippen molar-refractivity contribution in [2.24, 2.45) is 0 Å². The van der Waals surface area contributed by atoms with Crippen LogP contribution in [0.3, 0.4) is 0 Å². The van der Waals surface area contributed by atoms with E-state index in [1.807, 2.05) is 6.20 Å². The third kappa shape index (κ3) is 2.47. The maximum Gasteiger partial charge on any atom is 0.134 e. The molecule has 0 spiro atoms. The lowest BCUT2D eigenvalue weighted by Gasteiger charge is -2.25. The van der Waals surface area contributed by atoms with Gasteiger partial charge in [0.25, 0.3) is 0 Å². The van der Waals surface area contributed by atoms with Gasteiger partial charge in [0, 0.05) is 49.4 Å². The summed E-state index contributed by atoms with van der Waals surface area (Å²) in [7, 11) is 2.15. The first-order valence-corrected chi connectivity index (χ1v) is 8.10. The summed E-state index contributed by atoms with van der Waals surface area (Å²) in [5.41, 5.74) is 5.12. The van der Waals surface area contributed by atoms with Crippen LogP contribution in [0.15, 0.2) is 12.5 Å². The van der Waals surface area contributed by atoms with Crippen LogP contribution >= 0.6 is 0 Å². The Morgan fingerprint density at radius 3 is 3.09 bits per heavy atom. The van der Waals surface area contributed by atoms with E-state index < -0.39 is 0 Å². The van der Waals surface area contributed by atoms with Gasteiger partial charge in [0.2, 0.25) is 0 Å². The number of likely N-dealkylation sites (N-methyl/N-ethyl adjacent to an activating group) is 1. The molecule has 116 valence electrons. The van der Waals surface area contributed by atoms with E-state index in [0.29, 0.717) is 0 Å². The summed E-state index contributed by atoms with van der Waals surface area (Å²) in [6.45, 7) is 3.84. The molecule has 0 saturated heterocycles. The fourth-order valence-electron chi connectivity index (χ4n) is 3.44. The van der Waals surface area contributed by atoms with Crippen molar-refractivity contribution in [2.75, 3.05) is 18.9 Å². The molecule has 0 atom stereocenters. The second-order valence-electron chi connectivity index (χ2n) is 6.29. The van der Waals surface area contributed by atoms with Crippen LogP contribution in [0.2, 0.25) is 0 Å². The van der Waals surface area contributed by atoms with E-state index in [2.05, 4.69) is 37.0 Å². The summed E-state index contributed by atoms with van der Waals surface area (Å²) < 4.78 is 2.16. The van der Waals surface area contributed by atoms with Gasteiger partial charge in [0.05, 0.1) is 11.9 Å². The highest BCUT2D eigenvalue weighted by molar-refractivity contribution is 5.47. The zero-order chi connectivity index (χ0) is 14.9. The largest absolute Gasteiger partial charge is 0.365 e. The van der Waals surface area contributed by atoms with Crippen LogP contribution in [0.1, 0.15) is 35.4 Å². The molecule has 22 heavy (non-hydrogen) atoms. The van der Waals surface area contributed by atoms with Gasteiger partial charge in [-0.1, -0.05) is 0 Å². The number of aryl methyl sites for hydroxylation is 1. The van der Waals surface area contributed by atoms with Crippen LogP contribution in [0.25, 0.3) is 0 Å². The number of aromatic nitrogens is 4. The molecule has 1 N–H and O–H groups in total. The van der Waals surface area contributed by atoms with Crippen molar-refractivity contribution in [1.82, 2.24) is 24.6 Å². The Balaban J connectivity index is 1.54. The fraction of sp³-hybridized carbons (Fsp3) is 0.562. The molecule has 0 unspecified atom stereocenters. The Morgan fingerprint density at radius 1 is 1.18 bits per heavy atom. The van der Waals surface area contributed by atoms with E-state index in [4.69, 9.17) is 0 Å². The van der Waals surface area contributed by atoms with Crippen molar-refractivity contribution in [3.8, 4) is 0 Å². The van der Waals surface area contributed by atoms with E-state index in [1.54, 1.807) is 6.33 Å². The zero-order valence-corrected chi connectivity index (χ0v) is 13.0. The van der Waals surface area contributed by atoms with E-state index in [1.165, 1.54) is 35.4 Å². The van der Waals surface area contributed by atoms with Crippen molar-refractivity contribution in [3.05, 3.63) is 35.0 Å². The Bertz CT molecular complexity index is 677. The quantitative estimate of drug-likeness (QED) is 0.933. The molecule has 4 rings (SSSR count). The third-order valence-corrected chi connectivity index (χ3v) is 4.71. The highest BCUT2D eigenvalue weighted by Crippen LogP contribution is 2.23. The Kier molecular flexibility index (Phi) is 3.54. The van der Waals surface area contributed by atoms with Gasteiger partial charge in [0.1, 0.15) is 12.1 Å². The van der Waals surface area contributed by atoms with Crippen molar-refractivity contribution in [3.63, 3.8) is 0 Å². The lowest BCUT2D eigenvalue weighted by Crippen LogP contribution is -2.28. The van der Waals surface area contributed by atoms with E-state index >= 15 is 0 Å². The molecule has 2 aliphatic heterocycles. The van der Waals surface area contributed by atoms with E-state index in [-0.39, 0.29) is 0 Å². The number of hydrogen-bond acceptors (Lipinski definition) is 5. The SMILES string of the molecule is CN1CCc2ncnc(NCc3cnn4c3CCCC4)c2C1. The monoisotopic (exact) mass is 298 g/mol. The molecule has 2 aliphatic rings.